The molecule has 0 saturated carbocycles. The second-order valence-electron chi connectivity index (χ2n) is 8.22. The Hall–Kier alpha value is -2.28. The largest absolute Gasteiger partial charge is 0.497 e. The van der Waals surface area contributed by atoms with Gasteiger partial charge in [-0.3, -0.25) is 14.7 Å². The van der Waals surface area contributed by atoms with Gasteiger partial charge in [-0.1, -0.05) is 0 Å². The molecule has 0 radical (unpaired) electrons. The second kappa shape index (κ2) is 7.52. The first kappa shape index (κ1) is 20.0. The zero-order valence-corrected chi connectivity index (χ0v) is 16.9. The van der Waals surface area contributed by atoms with E-state index in [-0.39, 0.29) is 17.9 Å². The summed E-state index contributed by atoms with van der Waals surface area (Å²) in [4.78, 5) is 18.4. The zero-order chi connectivity index (χ0) is 20.8. The van der Waals surface area contributed by atoms with E-state index in [4.69, 9.17) is 9.47 Å². The molecule has 3 saturated heterocycles. The molecule has 3 aliphatic heterocycles. The SMILES string of the molecule is COc1ccc2nccc([C@H](OC(C)=O)[C@@H]3C[C@@H]4CCN3C[C@H]4C(C)(F)F)c2c1. The number of halogens is 2. The van der Waals surface area contributed by atoms with Crippen molar-refractivity contribution < 1.29 is 23.0 Å². The van der Waals surface area contributed by atoms with Gasteiger partial charge in [-0.05, 0) is 56.5 Å². The molecule has 0 aliphatic carbocycles. The van der Waals surface area contributed by atoms with Crippen LogP contribution in [0.15, 0.2) is 30.5 Å². The Kier molecular flexibility index (Phi) is 5.19. The fraction of sp³-hybridized carbons (Fsp3) is 0.545. The molecular formula is C22H26F2N2O3. The zero-order valence-electron chi connectivity index (χ0n) is 16.9. The molecule has 2 aromatic rings. The Morgan fingerprint density at radius 2 is 2.14 bits per heavy atom. The van der Waals surface area contributed by atoms with E-state index in [1.165, 1.54) is 6.92 Å². The molecule has 0 spiro atoms. The van der Waals surface area contributed by atoms with Gasteiger partial charge < -0.3 is 9.47 Å². The van der Waals surface area contributed by atoms with Crippen LogP contribution < -0.4 is 4.74 Å². The molecule has 2 bridgehead atoms. The van der Waals surface area contributed by atoms with Gasteiger partial charge in [-0.2, -0.15) is 0 Å². The van der Waals surface area contributed by atoms with Crippen LogP contribution in [0.3, 0.4) is 0 Å². The highest BCUT2D eigenvalue weighted by molar-refractivity contribution is 5.84. The van der Waals surface area contributed by atoms with Gasteiger partial charge in [-0.25, -0.2) is 8.78 Å². The summed E-state index contributed by atoms with van der Waals surface area (Å²) in [6.07, 6.45) is 2.49. The summed E-state index contributed by atoms with van der Waals surface area (Å²) in [5, 5.41) is 0.845. The lowest BCUT2D eigenvalue weighted by Crippen LogP contribution is -2.59. The number of piperidine rings is 3. The number of hydrogen-bond donors (Lipinski definition) is 0. The van der Waals surface area contributed by atoms with E-state index in [1.54, 1.807) is 13.3 Å². The molecule has 29 heavy (non-hydrogen) atoms. The lowest BCUT2D eigenvalue weighted by Gasteiger charge is -2.52. The number of alkyl halides is 2. The number of aromatic nitrogens is 1. The third kappa shape index (κ3) is 3.80. The van der Waals surface area contributed by atoms with Crippen LogP contribution in [-0.2, 0) is 9.53 Å². The maximum Gasteiger partial charge on any atom is 0.303 e. The van der Waals surface area contributed by atoms with Crippen molar-refractivity contribution in [3.63, 3.8) is 0 Å². The molecule has 5 atom stereocenters. The summed E-state index contributed by atoms with van der Waals surface area (Å²) < 4.78 is 39.3. The molecule has 3 fully saturated rings. The van der Waals surface area contributed by atoms with Crippen molar-refractivity contribution in [3.05, 3.63) is 36.0 Å². The number of esters is 1. The van der Waals surface area contributed by atoms with E-state index in [9.17, 15) is 13.6 Å². The molecule has 1 aromatic heterocycles. The minimum atomic E-state index is -2.71. The minimum Gasteiger partial charge on any atom is -0.497 e. The van der Waals surface area contributed by atoms with Crippen LogP contribution in [0.2, 0.25) is 0 Å². The van der Waals surface area contributed by atoms with Crippen LogP contribution in [0, 0.1) is 11.8 Å². The summed E-state index contributed by atoms with van der Waals surface area (Å²) in [6, 6.07) is 7.30. The van der Waals surface area contributed by atoms with Crippen LogP contribution in [0.4, 0.5) is 8.78 Å². The topological polar surface area (TPSA) is 51.7 Å². The summed E-state index contributed by atoms with van der Waals surface area (Å²) in [5.74, 6) is -3.14. The van der Waals surface area contributed by atoms with Crippen molar-refractivity contribution in [2.24, 2.45) is 11.8 Å². The van der Waals surface area contributed by atoms with Crippen LogP contribution >= 0.6 is 0 Å². The third-order valence-electron chi connectivity index (χ3n) is 6.38. The smallest absolute Gasteiger partial charge is 0.303 e. The second-order valence-corrected chi connectivity index (χ2v) is 8.22. The van der Waals surface area contributed by atoms with Gasteiger partial charge in [0, 0.05) is 36.5 Å². The number of methoxy groups -OCH3 is 1. The lowest BCUT2D eigenvalue weighted by molar-refractivity contribution is -0.166. The molecule has 0 amide bonds. The van der Waals surface area contributed by atoms with Gasteiger partial charge in [0.05, 0.1) is 18.7 Å². The fourth-order valence-corrected chi connectivity index (χ4v) is 5.01. The first-order chi connectivity index (χ1) is 13.8. The van der Waals surface area contributed by atoms with E-state index >= 15 is 0 Å². The highest BCUT2D eigenvalue weighted by atomic mass is 19.3. The predicted molar refractivity (Wildman–Crippen MR) is 105 cm³/mol. The number of rotatable bonds is 5. The Morgan fingerprint density at radius 1 is 1.34 bits per heavy atom. The minimum absolute atomic E-state index is 0.0781. The highest BCUT2D eigenvalue weighted by Gasteiger charge is 2.51. The van der Waals surface area contributed by atoms with Crippen LogP contribution in [0.1, 0.15) is 38.4 Å². The molecule has 156 valence electrons. The van der Waals surface area contributed by atoms with Gasteiger partial charge in [0.2, 0.25) is 5.92 Å². The quantitative estimate of drug-likeness (QED) is 0.699. The van der Waals surface area contributed by atoms with Crippen molar-refractivity contribution in [2.75, 3.05) is 20.2 Å². The first-order valence-corrected chi connectivity index (χ1v) is 9.99. The monoisotopic (exact) mass is 404 g/mol. The Morgan fingerprint density at radius 3 is 2.76 bits per heavy atom. The maximum absolute atomic E-state index is 14.1. The Bertz CT molecular complexity index is 915. The summed E-state index contributed by atoms with van der Waals surface area (Å²) >= 11 is 0. The lowest BCUT2D eigenvalue weighted by atomic mass is 9.71. The third-order valence-corrected chi connectivity index (χ3v) is 6.38. The number of fused-ring (bicyclic) bond motifs is 4. The Balaban J connectivity index is 1.74. The van der Waals surface area contributed by atoms with Gasteiger partial charge in [0.1, 0.15) is 11.9 Å². The number of carbonyl (C=O) groups is 1. The fourth-order valence-electron chi connectivity index (χ4n) is 5.01. The van der Waals surface area contributed by atoms with Crippen LogP contribution in [-0.4, -0.2) is 48.0 Å². The summed E-state index contributed by atoms with van der Waals surface area (Å²) in [7, 11) is 1.59. The summed E-state index contributed by atoms with van der Waals surface area (Å²) in [6.45, 7) is 3.46. The standard InChI is InChI=1S/C22H26F2N2O3/c1-13(27)29-21(16-6-8-25-19-5-4-15(28-3)11-17(16)19)20-10-14-7-9-26(20)12-18(14)22(2,23)24/h4-6,8,11,14,18,20-21H,7,9-10,12H2,1-3H3/t14-,18+,20-,21-/m0/s1. The maximum atomic E-state index is 14.1. The molecule has 5 rings (SSSR count). The van der Waals surface area contributed by atoms with Crippen molar-refractivity contribution in [2.45, 2.75) is 44.8 Å². The first-order valence-electron chi connectivity index (χ1n) is 9.99. The van der Waals surface area contributed by atoms with E-state index in [0.717, 1.165) is 36.4 Å². The average molecular weight is 404 g/mol. The van der Waals surface area contributed by atoms with E-state index in [2.05, 4.69) is 9.88 Å². The number of nitrogens with zero attached hydrogens (tertiary/aromatic N) is 2. The number of carbonyl (C=O) groups excluding carboxylic acids is 1. The number of hydrogen-bond acceptors (Lipinski definition) is 5. The average Bonchev–Trinajstić information content (AvgIpc) is 2.70. The van der Waals surface area contributed by atoms with E-state index < -0.39 is 17.9 Å². The van der Waals surface area contributed by atoms with Crippen molar-refractivity contribution in [1.82, 2.24) is 9.88 Å². The Labute approximate surface area is 169 Å². The van der Waals surface area contributed by atoms with Crippen LogP contribution in [0.5, 0.6) is 5.75 Å². The van der Waals surface area contributed by atoms with E-state index in [0.29, 0.717) is 18.7 Å². The van der Waals surface area contributed by atoms with Crippen LogP contribution in [0.25, 0.3) is 10.9 Å². The molecule has 1 unspecified atom stereocenters. The van der Waals surface area contributed by atoms with Crippen molar-refractivity contribution in [1.29, 1.82) is 0 Å². The molecule has 7 heteroatoms. The predicted octanol–water partition coefficient (Wildman–Crippen LogP) is 4.21. The van der Waals surface area contributed by atoms with Crippen molar-refractivity contribution in [3.8, 4) is 5.75 Å². The molecule has 4 heterocycles. The molecule has 5 nitrogen and oxygen atoms in total. The number of benzene rings is 1. The van der Waals surface area contributed by atoms with Gasteiger partial charge in [-0.15, -0.1) is 0 Å². The van der Waals surface area contributed by atoms with E-state index in [1.807, 2.05) is 24.3 Å². The normalized spacial score (nSPS) is 27.6. The van der Waals surface area contributed by atoms with Gasteiger partial charge in [0.15, 0.2) is 0 Å². The molecular weight excluding hydrogens is 378 g/mol. The number of ether oxygens (including phenoxy) is 2. The highest BCUT2D eigenvalue weighted by Crippen LogP contribution is 2.47. The summed E-state index contributed by atoms with van der Waals surface area (Å²) in [5.41, 5.74) is 1.61. The van der Waals surface area contributed by atoms with Gasteiger partial charge >= 0.3 is 5.97 Å². The number of pyridine rings is 1. The molecule has 0 N–H and O–H groups in total. The molecule has 3 aliphatic rings. The molecule has 1 aromatic carbocycles. The van der Waals surface area contributed by atoms with Gasteiger partial charge in [0.25, 0.3) is 0 Å². The van der Waals surface area contributed by atoms with Crippen molar-refractivity contribution >= 4 is 16.9 Å².